The number of pyridine rings is 1. The zero-order valence-electron chi connectivity index (χ0n) is 21.4. The minimum absolute atomic E-state index is 0.106. The monoisotopic (exact) mass is 519 g/mol. The lowest BCUT2D eigenvalue weighted by Crippen LogP contribution is -2.59. The smallest absolute Gasteiger partial charge is 0.311 e. The summed E-state index contributed by atoms with van der Waals surface area (Å²) < 4.78 is 26.8. The summed E-state index contributed by atoms with van der Waals surface area (Å²) in [6.07, 6.45) is 5.55. The van der Waals surface area contributed by atoms with Crippen LogP contribution in [0, 0.1) is 35.4 Å². The van der Waals surface area contributed by atoms with Crippen molar-refractivity contribution in [1.29, 1.82) is 0 Å². The van der Waals surface area contributed by atoms with Gasteiger partial charge >= 0.3 is 5.97 Å². The molecule has 10 nitrogen and oxygen atoms in total. The summed E-state index contributed by atoms with van der Waals surface area (Å²) in [5, 5.41) is 16.1. The van der Waals surface area contributed by atoms with E-state index in [-0.39, 0.29) is 17.9 Å². The van der Waals surface area contributed by atoms with Gasteiger partial charge in [0.25, 0.3) is 0 Å². The molecule has 3 aliphatic rings. The Morgan fingerprint density at radius 2 is 2.13 bits per heavy atom. The third kappa shape index (κ3) is 3.58. The summed E-state index contributed by atoms with van der Waals surface area (Å²) in [5.41, 5.74) is 2.46. The molecule has 0 aliphatic heterocycles. The average molecular weight is 520 g/mol. The molecule has 3 fully saturated rings. The van der Waals surface area contributed by atoms with Gasteiger partial charge in [0.05, 0.1) is 36.4 Å². The molecule has 0 amide bonds. The largest absolute Gasteiger partial charge is 0.466 e. The van der Waals surface area contributed by atoms with E-state index in [0.29, 0.717) is 59.3 Å². The third-order valence-electron chi connectivity index (χ3n) is 8.93. The van der Waals surface area contributed by atoms with Gasteiger partial charge < -0.3 is 14.8 Å². The lowest BCUT2D eigenvalue weighted by atomic mass is 9.45. The first kappa shape index (κ1) is 23.5. The van der Waals surface area contributed by atoms with Gasteiger partial charge in [-0.3, -0.25) is 9.89 Å². The molecular weight excluding hydrogens is 489 g/mol. The van der Waals surface area contributed by atoms with Crippen molar-refractivity contribution in [3.63, 3.8) is 0 Å². The van der Waals surface area contributed by atoms with Crippen LogP contribution in [0.2, 0.25) is 0 Å². The molecule has 198 valence electrons. The van der Waals surface area contributed by atoms with Gasteiger partial charge in [0.1, 0.15) is 17.0 Å². The summed E-state index contributed by atoms with van der Waals surface area (Å²) in [7, 11) is 1.63. The van der Waals surface area contributed by atoms with Gasteiger partial charge in [-0.15, -0.1) is 5.10 Å². The highest BCUT2D eigenvalue weighted by Gasteiger charge is 2.58. The van der Waals surface area contributed by atoms with Crippen molar-refractivity contribution in [2.24, 2.45) is 29.6 Å². The van der Waals surface area contributed by atoms with E-state index in [9.17, 15) is 9.18 Å². The van der Waals surface area contributed by atoms with Crippen molar-refractivity contribution in [3.05, 3.63) is 35.9 Å². The maximum Gasteiger partial charge on any atom is 0.311 e. The first-order valence-corrected chi connectivity index (χ1v) is 13.4. The molecule has 4 aromatic heterocycles. The van der Waals surface area contributed by atoms with E-state index in [1.54, 1.807) is 11.6 Å². The number of esters is 1. The third-order valence-corrected chi connectivity index (χ3v) is 8.93. The van der Waals surface area contributed by atoms with Crippen LogP contribution in [-0.2, 0) is 20.9 Å². The normalized spacial score (nSPS) is 27.9. The number of anilines is 1. The summed E-state index contributed by atoms with van der Waals surface area (Å²) in [6, 6.07) is 5.16. The molecule has 2 unspecified atom stereocenters. The molecule has 2 bridgehead atoms. The van der Waals surface area contributed by atoms with Crippen molar-refractivity contribution < 1.29 is 18.7 Å². The molecule has 6 atom stereocenters. The highest BCUT2D eigenvalue weighted by molar-refractivity contribution is 5.89. The van der Waals surface area contributed by atoms with Crippen molar-refractivity contribution in [1.82, 2.24) is 29.8 Å². The molecule has 0 radical (unpaired) electrons. The second-order valence-electron chi connectivity index (χ2n) is 10.8. The fraction of sp³-hybridized carbons (Fsp3) is 0.519. The number of carbonyl (C=O) groups is 1. The number of nitrogens with zero attached hydrogens (tertiary/aromatic N) is 5. The fourth-order valence-corrected chi connectivity index (χ4v) is 7.31. The average Bonchev–Trinajstić information content (AvgIpc) is 3.51. The van der Waals surface area contributed by atoms with Gasteiger partial charge in [-0.2, -0.15) is 5.10 Å². The Labute approximate surface area is 218 Å². The summed E-state index contributed by atoms with van der Waals surface area (Å²) in [5.74, 6) is 2.43. The second-order valence-corrected chi connectivity index (χ2v) is 10.8. The number of methoxy groups -OCH3 is 1. The predicted molar refractivity (Wildman–Crippen MR) is 137 cm³/mol. The van der Waals surface area contributed by atoms with E-state index >= 15 is 0 Å². The van der Waals surface area contributed by atoms with Crippen LogP contribution in [0.5, 0.6) is 0 Å². The van der Waals surface area contributed by atoms with Gasteiger partial charge in [-0.25, -0.2) is 18.9 Å². The van der Waals surface area contributed by atoms with E-state index in [1.165, 1.54) is 18.9 Å². The second kappa shape index (κ2) is 9.00. The summed E-state index contributed by atoms with van der Waals surface area (Å²) >= 11 is 0. The minimum Gasteiger partial charge on any atom is -0.466 e. The molecule has 3 aliphatic carbocycles. The van der Waals surface area contributed by atoms with Crippen molar-refractivity contribution in [3.8, 4) is 11.5 Å². The molecule has 4 aromatic rings. The van der Waals surface area contributed by atoms with Crippen molar-refractivity contribution in [2.45, 2.75) is 45.3 Å². The van der Waals surface area contributed by atoms with Gasteiger partial charge in [-0.1, -0.05) is 0 Å². The Bertz CT molecular complexity index is 1530. The van der Waals surface area contributed by atoms with Crippen molar-refractivity contribution >= 4 is 28.3 Å². The Kier molecular flexibility index (Phi) is 5.57. The molecule has 0 saturated heterocycles. The zero-order chi connectivity index (χ0) is 26.0. The Balaban J connectivity index is 1.33. The van der Waals surface area contributed by atoms with E-state index in [2.05, 4.69) is 20.5 Å². The predicted octanol–water partition coefficient (Wildman–Crippen LogP) is 3.98. The topological polar surface area (TPSA) is 119 Å². The van der Waals surface area contributed by atoms with E-state index in [0.717, 1.165) is 36.2 Å². The van der Waals surface area contributed by atoms with Crippen LogP contribution >= 0.6 is 0 Å². The Morgan fingerprint density at radius 1 is 1.24 bits per heavy atom. The van der Waals surface area contributed by atoms with Gasteiger partial charge in [0.15, 0.2) is 11.5 Å². The number of rotatable bonds is 7. The number of hydrogen-bond donors (Lipinski definition) is 2. The number of aromatic nitrogens is 6. The molecule has 3 saturated carbocycles. The van der Waals surface area contributed by atoms with Crippen LogP contribution in [-0.4, -0.2) is 55.5 Å². The number of carbonyl (C=O) groups excluding carboxylic acids is 1. The summed E-state index contributed by atoms with van der Waals surface area (Å²) in [4.78, 5) is 22.2. The molecule has 11 heteroatoms. The van der Waals surface area contributed by atoms with E-state index in [1.807, 2.05) is 19.1 Å². The number of hydrogen-bond acceptors (Lipinski definition) is 8. The van der Waals surface area contributed by atoms with Crippen LogP contribution in [0.15, 0.2) is 24.4 Å². The summed E-state index contributed by atoms with van der Waals surface area (Å²) in [6.45, 7) is 2.57. The number of fused-ring (bicyclic) bond motifs is 4. The Morgan fingerprint density at radius 3 is 2.95 bits per heavy atom. The van der Waals surface area contributed by atoms with Gasteiger partial charge in [0, 0.05) is 13.2 Å². The highest BCUT2D eigenvalue weighted by Crippen LogP contribution is 2.61. The lowest BCUT2D eigenvalue weighted by Gasteiger charge is -2.60. The van der Waals surface area contributed by atoms with Crippen LogP contribution in [0.4, 0.5) is 10.2 Å². The first-order chi connectivity index (χ1) is 18.6. The molecule has 38 heavy (non-hydrogen) atoms. The SMILES string of the molecule is CCOC(=O)[C@@H]1[C@@H](Nc2nc(-c3n[nH]c4ncc(F)cc34)nn3c(COC)ccc23)CC2C3C[C@@H]2CC[C@@H]31. The zero-order valence-corrected chi connectivity index (χ0v) is 21.4. The Hall–Kier alpha value is -3.60. The molecular formula is C27H30FN7O3. The minimum atomic E-state index is -0.467. The van der Waals surface area contributed by atoms with Gasteiger partial charge in [-0.05, 0) is 74.5 Å². The standard InChI is InChI=1S/C27H30FN7O3/c1-3-38-27(36)22-16-6-4-13-8-18(16)17(13)10-20(22)30-25-21-7-5-15(12-37-2)35(21)34-26(31-25)23-19-9-14(28)11-29-24(19)33-32-23/h5,7,9,11,13,16-18,20,22H,3-4,6,8,10,12H2,1-2H3,(H,29,32,33)(H,30,31,34)/t13-,16-,17?,18?,20-,22-/m0/s1. The number of aromatic amines is 1. The molecule has 4 heterocycles. The quantitative estimate of drug-likeness (QED) is 0.352. The van der Waals surface area contributed by atoms with Crippen LogP contribution in [0.1, 0.15) is 38.3 Å². The van der Waals surface area contributed by atoms with Crippen LogP contribution < -0.4 is 5.32 Å². The molecule has 2 N–H and O–H groups in total. The fourth-order valence-electron chi connectivity index (χ4n) is 7.31. The van der Waals surface area contributed by atoms with E-state index in [4.69, 9.17) is 19.6 Å². The number of halogens is 1. The maximum absolute atomic E-state index is 14.1. The molecule has 0 spiro atoms. The maximum atomic E-state index is 14.1. The van der Waals surface area contributed by atoms with E-state index < -0.39 is 5.82 Å². The number of H-pyrrole nitrogens is 1. The molecule has 7 rings (SSSR count). The molecule has 0 aromatic carbocycles. The number of ether oxygens (including phenoxy) is 2. The lowest BCUT2D eigenvalue weighted by molar-refractivity contribution is -0.165. The van der Waals surface area contributed by atoms with Crippen LogP contribution in [0.3, 0.4) is 0 Å². The number of nitrogens with one attached hydrogen (secondary N) is 2. The van der Waals surface area contributed by atoms with Gasteiger partial charge in [0.2, 0.25) is 5.82 Å². The van der Waals surface area contributed by atoms with Crippen LogP contribution in [0.25, 0.3) is 28.1 Å². The highest BCUT2D eigenvalue weighted by atomic mass is 19.1. The first-order valence-electron chi connectivity index (χ1n) is 13.4. The van der Waals surface area contributed by atoms with Crippen molar-refractivity contribution in [2.75, 3.05) is 19.0 Å².